The summed E-state index contributed by atoms with van der Waals surface area (Å²) in [5.41, 5.74) is 7.13. The summed E-state index contributed by atoms with van der Waals surface area (Å²) in [7, 11) is -3.43. The first-order valence-corrected chi connectivity index (χ1v) is 8.19. The molecule has 1 unspecified atom stereocenters. The summed E-state index contributed by atoms with van der Waals surface area (Å²) in [5, 5.41) is 2.73. The van der Waals surface area contributed by atoms with E-state index in [-0.39, 0.29) is 24.2 Å². The molecule has 0 spiro atoms. The van der Waals surface area contributed by atoms with E-state index in [0.29, 0.717) is 24.9 Å². The van der Waals surface area contributed by atoms with Crippen LogP contribution >= 0.6 is 0 Å². The zero-order chi connectivity index (χ0) is 14.6. The Kier molecular flexibility index (Phi) is 4.74. The summed E-state index contributed by atoms with van der Waals surface area (Å²) in [6.45, 7) is 0.545. The number of carbonyl (C=O) groups is 1. The molecular formula is C13H19N3O3S. The molecule has 1 aliphatic heterocycles. The minimum absolute atomic E-state index is 0.0253. The Morgan fingerprint density at radius 2 is 2.00 bits per heavy atom. The molecule has 0 aliphatic carbocycles. The van der Waals surface area contributed by atoms with Gasteiger partial charge in [-0.2, -0.15) is 0 Å². The Morgan fingerprint density at radius 3 is 2.60 bits per heavy atom. The smallest absolute Gasteiger partial charge is 0.220 e. The van der Waals surface area contributed by atoms with Crippen molar-refractivity contribution in [1.82, 2.24) is 10.0 Å². The van der Waals surface area contributed by atoms with Gasteiger partial charge in [0.2, 0.25) is 15.9 Å². The Labute approximate surface area is 118 Å². The quantitative estimate of drug-likeness (QED) is 0.679. The summed E-state index contributed by atoms with van der Waals surface area (Å²) in [6, 6.07) is 7.10. The summed E-state index contributed by atoms with van der Waals surface area (Å²) in [6.07, 6.45) is 1.13. The van der Waals surface area contributed by atoms with Gasteiger partial charge in [0.05, 0.1) is 5.75 Å². The normalized spacial score (nSPS) is 19.1. The number of nitrogens with two attached hydrogens (primary N) is 1. The van der Waals surface area contributed by atoms with Crippen molar-refractivity contribution in [3.8, 4) is 0 Å². The van der Waals surface area contributed by atoms with Gasteiger partial charge in [0.15, 0.2) is 0 Å². The topological polar surface area (TPSA) is 101 Å². The third kappa shape index (κ3) is 4.03. The van der Waals surface area contributed by atoms with E-state index < -0.39 is 10.0 Å². The van der Waals surface area contributed by atoms with Crippen LogP contribution in [0, 0.1) is 0 Å². The van der Waals surface area contributed by atoms with Crippen LogP contribution in [-0.4, -0.2) is 26.9 Å². The third-order valence-electron chi connectivity index (χ3n) is 3.32. The van der Waals surface area contributed by atoms with E-state index in [9.17, 15) is 13.2 Å². The first kappa shape index (κ1) is 15.0. The molecule has 0 bridgehead atoms. The number of carbonyl (C=O) groups excluding carboxylic acids is 1. The van der Waals surface area contributed by atoms with E-state index in [2.05, 4.69) is 10.0 Å². The van der Waals surface area contributed by atoms with E-state index >= 15 is 0 Å². The molecule has 1 aromatic rings. The second kappa shape index (κ2) is 6.34. The summed E-state index contributed by atoms with van der Waals surface area (Å²) in [4.78, 5) is 11.1. The van der Waals surface area contributed by atoms with E-state index in [1.54, 1.807) is 12.1 Å². The average molecular weight is 297 g/mol. The molecule has 1 saturated heterocycles. The first-order chi connectivity index (χ1) is 9.50. The number of hydrogen-bond acceptors (Lipinski definition) is 4. The zero-order valence-electron chi connectivity index (χ0n) is 11.1. The molecule has 1 aliphatic rings. The summed E-state index contributed by atoms with van der Waals surface area (Å²) < 4.78 is 26.6. The molecule has 6 nitrogen and oxygen atoms in total. The number of hydrogen-bond donors (Lipinski definition) is 3. The van der Waals surface area contributed by atoms with Crippen molar-refractivity contribution < 1.29 is 13.2 Å². The molecule has 1 amide bonds. The lowest BCUT2D eigenvalue weighted by molar-refractivity contribution is -0.119. The Morgan fingerprint density at radius 1 is 1.30 bits per heavy atom. The highest BCUT2D eigenvalue weighted by Crippen LogP contribution is 2.12. The third-order valence-corrected chi connectivity index (χ3v) is 4.62. The van der Waals surface area contributed by atoms with E-state index in [4.69, 9.17) is 5.73 Å². The van der Waals surface area contributed by atoms with Crippen LogP contribution in [0.2, 0.25) is 0 Å². The predicted octanol–water partition coefficient (Wildman–Crippen LogP) is -0.157. The van der Waals surface area contributed by atoms with E-state index in [1.165, 1.54) is 0 Å². The lowest BCUT2D eigenvalue weighted by Gasteiger charge is -2.13. The Bertz CT molecular complexity index is 586. The second-order valence-corrected chi connectivity index (χ2v) is 6.69. The second-order valence-electron chi connectivity index (χ2n) is 4.88. The molecule has 1 aromatic carbocycles. The molecule has 0 radical (unpaired) electrons. The highest BCUT2D eigenvalue weighted by Gasteiger charge is 2.22. The van der Waals surface area contributed by atoms with Crippen LogP contribution in [-0.2, 0) is 27.1 Å². The molecular weight excluding hydrogens is 278 g/mol. The van der Waals surface area contributed by atoms with Crippen LogP contribution < -0.4 is 15.8 Å². The predicted molar refractivity (Wildman–Crippen MR) is 76.1 cm³/mol. The molecule has 0 saturated carbocycles. The number of sulfonamides is 1. The van der Waals surface area contributed by atoms with Crippen molar-refractivity contribution in [1.29, 1.82) is 0 Å². The van der Waals surface area contributed by atoms with Gasteiger partial charge >= 0.3 is 0 Å². The SMILES string of the molecule is NCc1ccccc1CS(=O)(=O)NCC1CCC(=O)N1. The standard InChI is InChI=1S/C13H19N3O3S/c14-7-10-3-1-2-4-11(10)9-20(18,19)15-8-12-5-6-13(17)16-12/h1-4,12,15H,5-9,14H2,(H,16,17). The van der Waals surface area contributed by atoms with E-state index in [1.807, 2.05) is 12.1 Å². The van der Waals surface area contributed by atoms with Crippen molar-refractivity contribution in [2.75, 3.05) is 6.54 Å². The lowest BCUT2D eigenvalue weighted by Crippen LogP contribution is -2.38. The zero-order valence-corrected chi connectivity index (χ0v) is 11.9. The fraction of sp³-hybridized carbons (Fsp3) is 0.462. The van der Waals surface area contributed by atoms with Gasteiger partial charge in [0.1, 0.15) is 0 Å². The van der Waals surface area contributed by atoms with Gasteiger partial charge in [0.25, 0.3) is 0 Å². The van der Waals surface area contributed by atoms with Crippen LogP contribution in [0.3, 0.4) is 0 Å². The maximum absolute atomic E-state index is 12.0. The summed E-state index contributed by atoms with van der Waals surface area (Å²) in [5.74, 6) is -0.121. The van der Waals surface area contributed by atoms with E-state index in [0.717, 1.165) is 5.56 Å². The molecule has 1 heterocycles. The van der Waals surface area contributed by atoms with Crippen LogP contribution in [0.5, 0.6) is 0 Å². The number of rotatable bonds is 6. The van der Waals surface area contributed by atoms with Crippen molar-refractivity contribution >= 4 is 15.9 Å². The fourth-order valence-corrected chi connectivity index (χ4v) is 3.46. The molecule has 1 fully saturated rings. The van der Waals surface area contributed by atoms with Crippen LogP contribution in [0.1, 0.15) is 24.0 Å². The highest BCUT2D eigenvalue weighted by atomic mass is 32.2. The molecule has 7 heteroatoms. The minimum atomic E-state index is -3.43. The lowest BCUT2D eigenvalue weighted by atomic mass is 10.1. The highest BCUT2D eigenvalue weighted by molar-refractivity contribution is 7.88. The fourth-order valence-electron chi connectivity index (χ4n) is 2.21. The van der Waals surface area contributed by atoms with Gasteiger partial charge in [-0.15, -0.1) is 0 Å². The maximum Gasteiger partial charge on any atom is 0.220 e. The number of nitrogens with one attached hydrogen (secondary N) is 2. The summed E-state index contributed by atoms with van der Waals surface area (Å²) >= 11 is 0. The maximum atomic E-state index is 12.0. The molecule has 20 heavy (non-hydrogen) atoms. The Hall–Kier alpha value is -1.44. The van der Waals surface area contributed by atoms with Crippen molar-refractivity contribution in [2.24, 2.45) is 5.73 Å². The average Bonchev–Trinajstić information content (AvgIpc) is 2.83. The molecule has 4 N–H and O–H groups in total. The number of amides is 1. The molecule has 110 valence electrons. The largest absolute Gasteiger partial charge is 0.352 e. The monoisotopic (exact) mass is 297 g/mol. The van der Waals surface area contributed by atoms with Crippen LogP contribution in [0.4, 0.5) is 0 Å². The molecule has 0 aromatic heterocycles. The Balaban J connectivity index is 1.95. The van der Waals surface area contributed by atoms with Crippen LogP contribution in [0.25, 0.3) is 0 Å². The van der Waals surface area contributed by atoms with Gasteiger partial charge < -0.3 is 11.1 Å². The molecule has 2 rings (SSSR count). The van der Waals surface area contributed by atoms with Crippen molar-refractivity contribution in [3.05, 3.63) is 35.4 Å². The molecule has 1 atom stereocenters. The van der Waals surface area contributed by atoms with Gasteiger partial charge in [0, 0.05) is 25.6 Å². The number of benzene rings is 1. The van der Waals surface area contributed by atoms with Crippen LogP contribution in [0.15, 0.2) is 24.3 Å². The minimum Gasteiger partial charge on any atom is -0.352 e. The van der Waals surface area contributed by atoms with Gasteiger partial charge in [-0.3, -0.25) is 4.79 Å². The van der Waals surface area contributed by atoms with Crippen molar-refractivity contribution in [2.45, 2.75) is 31.2 Å². The van der Waals surface area contributed by atoms with Crippen molar-refractivity contribution in [3.63, 3.8) is 0 Å². The first-order valence-electron chi connectivity index (χ1n) is 6.54. The van der Waals surface area contributed by atoms with Gasteiger partial charge in [-0.25, -0.2) is 13.1 Å². The van der Waals surface area contributed by atoms with Gasteiger partial charge in [-0.1, -0.05) is 24.3 Å². The van der Waals surface area contributed by atoms with Gasteiger partial charge in [-0.05, 0) is 17.5 Å².